The zero-order valence-electron chi connectivity index (χ0n) is 25.9. The highest BCUT2D eigenvalue weighted by atomic mass is 16.5. The minimum Gasteiger partial charge on any atom is -0.457 e. The first-order valence-corrected chi connectivity index (χ1v) is 15.1. The maximum atomic E-state index is 13.9. The summed E-state index contributed by atoms with van der Waals surface area (Å²) in [7, 11) is 1.56. The van der Waals surface area contributed by atoms with E-state index in [9.17, 15) is 14.4 Å². The predicted octanol–water partition coefficient (Wildman–Crippen LogP) is 6.43. The van der Waals surface area contributed by atoms with Gasteiger partial charge in [0, 0.05) is 47.5 Å². The van der Waals surface area contributed by atoms with Gasteiger partial charge in [0.2, 0.25) is 0 Å². The number of nitrogens with zero attached hydrogens (tertiary/aromatic N) is 1. The second kappa shape index (κ2) is 13.3. The number of fused-ring (bicyclic) bond motifs is 1. The molecular formula is C36H40N5O4+. The summed E-state index contributed by atoms with van der Waals surface area (Å²) in [4.78, 5) is 38.8. The number of rotatable bonds is 9. The average molecular weight is 607 g/mol. The Hall–Kier alpha value is -4.99. The summed E-state index contributed by atoms with van der Waals surface area (Å²) < 4.78 is 5.95. The van der Waals surface area contributed by atoms with Crippen molar-refractivity contribution in [2.45, 2.75) is 51.6 Å². The highest BCUT2D eigenvalue weighted by Crippen LogP contribution is 2.36. The van der Waals surface area contributed by atoms with Crippen LogP contribution in [0, 0.1) is 0 Å². The molecule has 0 radical (unpaired) electrons. The van der Waals surface area contributed by atoms with Crippen LogP contribution in [0.3, 0.4) is 0 Å². The number of amides is 4. The van der Waals surface area contributed by atoms with Crippen LogP contribution in [0.2, 0.25) is 0 Å². The van der Waals surface area contributed by atoms with Crippen LogP contribution in [0.1, 0.15) is 44.2 Å². The van der Waals surface area contributed by atoms with Crippen LogP contribution in [-0.2, 0) is 22.6 Å². The number of hydrogen-bond donors (Lipinski definition) is 4. The summed E-state index contributed by atoms with van der Waals surface area (Å²) in [6.45, 7) is 3.87. The molecule has 0 spiro atoms. The van der Waals surface area contributed by atoms with E-state index in [2.05, 4.69) is 16.1 Å². The molecule has 5 N–H and O–H groups in total. The Morgan fingerprint density at radius 2 is 1.58 bits per heavy atom. The summed E-state index contributed by atoms with van der Waals surface area (Å²) in [5, 5.41) is 5.26. The SMILES string of the molecule is CNC(=O)Nc1ccc(Oc2ccccc2-c2ccc(C[N@+]3(NC(=O)CC(C)(C)N)C(=O)CCCc4ccccc43)cc2)cc1. The molecule has 0 saturated heterocycles. The molecule has 0 aliphatic carbocycles. The van der Waals surface area contributed by atoms with Gasteiger partial charge in [-0.1, -0.05) is 60.7 Å². The Balaban J connectivity index is 1.42. The third-order valence-corrected chi connectivity index (χ3v) is 7.74. The number of quaternary nitrogens is 1. The predicted molar refractivity (Wildman–Crippen MR) is 177 cm³/mol. The number of aryl methyl sites for hydroxylation is 1. The second-order valence-corrected chi connectivity index (χ2v) is 12.1. The van der Waals surface area contributed by atoms with Gasteiger partial charge in [0.15, 0.2) is 5.69 Å². The van der Waals surface area contributed by atoms with E-state index >= 15 is 0 Å². The number of nitrogens with two attached hydrogens (primary N) is 1. The van der Waals surface area contributed by atoms with Gasteiger partial charge in [-0.05, 0) is 62.6 Å². The standard InChI is InChI=1S/C36H39N5O4/c1-36(2,37)23-33(42)40-41(31-12-6-4-9-27(31)10-8-14-34(41)43)24-25-15-17-26(18-16-25)30-11-5-7-13-32(30)45-29-21-19-28(20-22-29)39-35(44)38-3/h4-7,9,11-13,15-22H,8,10,14,23-24,37H2,1-3H3,(H2-,38,39,40,42,44)/p+1/t41-/m1/s1. The molecule has 1 atom stereocenters. The zero-order valence-corrected chi connectivity index (χ0v) is 25.9. The van der Waals surface area contributed by atoms with E-state index in [4.69, 9.17) is 10.5 Å². The second-order valence-electron chi connectivity index (χ2n) is 12.1. The number of anilines is 1. The van der Waals surface area contributed by atoms with E-state index in [0.717, 1.165) is 40.8 Å². The molecule has 9 heteroatoms. The molecule has 1 aliphatic rings. The van der Waals surface area contributed by atoms with E-state index in [-0.39, 0.29) is 35.4 Å². The molecule has 45 heavy (non-hydrogen) atoms. The average Bonchev–Trinajstić information content (AvgIpc) is 3.14. The summed E-state index contributed by atoms with van der Waals surface area (Å²) in [5.41, 5.74) is 13.8. The summed E-state index contributed by atoms with van der Waals surface area (Å²) in [6.07, 6.45) is 1.93. The van der Waals surface area contributed by atoms with Crippen LogP contribution < -0.4 is 31.1 Å². The van der Waals surface area contributed by atoms with Crippen LogP contribution in [-0.4, -0.2) is 30.4 Å². The molecule has 4 amide bonds. The first kappa shape index (κ1) is 31.4. The summed E-state index contributed by atoms with van der Waals surface area (Å²) in [6, 6.07) is 30.5. The molecule has 0 unspecified atom stereocenters. The third kappa shape index (κ3) is 7.57. The van der Waals surface area contributed by atoms with Crippen molar-refractivity contribution < 1.29 is 19.1 Å². The number of benzene rings is 4. The number of carbonyl (C=O) groups excluding carboxylic acids is 3. The van der Waals surface area contributed by atoms with E-state index < -0.39 is 5.54 Å². The van der Waals surface area contributed by atoms with E-state index in [1.807, 2.05) is 72.8 Å². The van der Waals surface area contributed by atoms with Crippen molar-refractivity contribution in [2.75, 3.05) is 12.4 Å². The first-order valence-electron chi connectivity index (χ1n) is 15.1. The molecule has 1 heterocycles. The number of ether oxygens (including phenoxy) is 1. The normalized spacial score (nSPS) is 16.2. The summed E-state index contributed by atoms with van der Waals surface area (Å²) in [5.74, 6) is 0.979. The van der Waals surface area contributed by atoms with Crippen molar-refractivity contribution >= 4 is 29.2 Å². The van der Waals surface area contributed by atoms with Crippen LogP contribution in [0.4, 0.5) is 16.2 Å². The topological polar surface area (TPSA) is 123 Å². The maximum absolute atomic E-state index is 13.9. The molecule has 232 valence electrons. The first-order chi connectivity index (χ1) is 21.6. The van der Waals surface area contributed by atoms with Crippen molar-refractivity contribution in [3.05, 3.63) is 108 Å². The van der Waals surface area contributed by atoms with Crippen LogP contribution >= 0.6 is 0 Å². The van der Waals surface area contributed by atoms with Crippen LogP contribution in [0.5, 0.6) is 11.5 Å². The van der Waals surface area contributed by atoms with Gasteiger partial charge in [-0.3, -0.25) is 4.79 Å². The quantitative estimate of drug-likeness (QED) is 0.164. The van der Waals surface area contributed by atoms with Gasteiger partial charge in [0.05, 0.1) is 6.42 Å². The molecule has 0 saturated carbocycles. The smallest absolute Gasteiger partial charge is 0.343 e. The van der Waals surface area contributed by atoms with Gasteiger partial charge in [0.25, 0.3) is 5.91 Å². The molecule has 0 aromatic heterocycles. The van der Waals surface area contributed by atoms with Gasteiger partial charge < -0.3 is 21.1 Å². The van der Waals surface area contributed by atoms with Crippen molar-refractivity contribution in [3.63, 3.8) is 0 Å². The number of carbonyl (C=O) groups is 3. The molecule has 1 aliphatic heterocycles. The van der Waals surface area contributed by atoms with Crippen LogP contribution in [0.15, 0.2) is 97.1 Å². The maximum Gasteiger partial charge on any atom is 0.343 e. The van der Waals surface area contributed by atoms with Crippen LogP contribution in [0.25, 0.3) is 11.1 Å². The Morgan fingerprint density at radius 1 is 0.889 bits per heavy atom. The van der Waals surface area contributed by atoms with Gasteiger partial charge in [-0.25, -0.2) is 9.59 Å². The Kier molecular flexibility index (Phi) is 9.32. The minimum atomic E-state index is -0.718. The van der Waals surface area contributed by atoms with Gasteiger partial charge in [0.1, 0.15) is 18.0 Å². The number of para-hydroxylation sites is 2. The summed E-state index contributed by atoms with van der Waals surface area (Å²) >= 11 is 0. The van der Waals surface area contributed by atoms with Crippen molar-refractivity contribution in [1.82, 2.24) is 15.3 Å². The molecule has 4 aromatic carbocycles. The molecule has 0 fully saturated rings. The molecule has 0 bridgehead atoms. The Morgan fingerprint density at radius 3 is 2.29 bits per heavy atom. The van der Waals surface area contributed by atoms with Crippen molar-refractivity contribution in [3.8, 4) is 22.6 Å². The fourth-order valence-corrected chi connectivity index (χ4v) is 5.64. The number of urea groups is 1. The highest BCUT2D eigenvalue weighted by molar-refractivity contribution is 5.93. The third-order valence-electron chi connectivity index (χ3n) is 7.74. The lowest BCUT2D eigenvalue weighted by molar-refractivity contribution is -0.141. The molecule has 4 aromatic rings. The lowest BCUT2D eigenvalue weighted by Crippen LogP contribution is -2.65. The fraction of sp³-hybridized carbons (Fsp3) is 0.250. The highest BCUT2D eigenvalue weighted by Gasteiger charge is 2.45. The van der Waals surface area contributed by atoms with E-state index in [1.165, 1.54) is 0 Å². The Labute approximate surface area is 264 Å². The Bertz CT molecular complexity index is 1680. The van der Waals surface area contributed by atoms with Gasteiger partial charge in [-0.2, -0.15) is 5.43 Å². The molecular weight excluding hydrogens is 566 g/mol. The molecule has 5 rings (SSSR count). The lowest BCUT2D eigenvalue weighted by Gasteiger charge is -2.35. The van der Waals surface area contributed by atoms with Gasteiger partial charge in [-0.15, -0.1) is 4.59 Å². The van der Waals surface area contributed by atoms with E-state index in [0.29, 0.717) is 23.6 Å². The number of nitrogens with one attached hydrogen (secondary N) is 3. The monoisotopic (exact) mass is 606 g/mol. The largest absolute Gasteiger partial charge is 0.457 e. The van der Waals surface area contributed by atoms with Crippen molar-refractivity contribution in [1.29, 1.82) is 0 Å². The van der Waals surface area contributed by atoms with E-state index in [1.54, 1.807) is 45.2 Å². The van der Waals surface area contributed by atoms with Gasteiger partial charge >= 0.3 is 11.9 Å². The molecule has 9 nitrogen and oxygen atoms in total. The fourth-order valence-electron chi connectivity index (χ4n) is 5.64. The zero-order chi connectivity index (χ0) is 32.0. The van der Waals surface area contributed by atoms with Crippen molar-refractivity contribution in [2.24, 2.45) is 5.73 Å². The lowest BCUT2D eigenvalue weighted by atomic mass is 10.0. The minimum absolute atomic E-state index is 0.0532. The number of hydrogen-bond acceptors (Lipinski definition) is 5.